The van der Waals surface area contributed by atoms with Gasteiger partial charge in [-0.15, -0.1) is 11.3 Å². The second kappa shape index (κ2) is 5.41. The first kappa shape index (κ1) is 13.8. The minimum absolute atomic E-state index is 0.182. The third-order valence-electron chi connectivity index (χ3n) is 4.52. The van der Waals surface area contributed by atoms with Crippen molar-refractivity contribution in [2.45, 2.75) is 31.9 Å². The number of hydrogen-bond donors (Lipinski definition) is 2. The zero-order valence-corrected chi connectivity index (χ0v) is 13.4. The maximum absolute atomic E-state index is 10.4. The lowest BCUT2D eigenvalue weighted by atomic mass is 10.00. The van der Waals surface area contributed by atoms with Crippen LogP contribution in [-0.4, -0.2) is 11.2 Å². The van der Waals surface area contributed by atoms with Gasteiger partial charge in [-0.05, 0) is 41.3 Å². The van der Waals surface area contributed by atoms with Crippen molar-refractivity contribution in [2.75, 3.05) is 5.32 Å². The van der Waals surface area contributed by atoms with Crippen LogP contribution >= 0.6 is 11.3 Å². The number of benzene rings is 2. The fourth-order valence-corrected chi connectivity index (χ4v) is 4.41. The summed E-state index contributed by atoms with van der Waals surface area (Å²) in [5.41, 5.74) is 3.70. The largest absolute Gasteiger partial charge is 0.393 e. The van der Waals surface area contributed by atoms with Gasteiger partial charge in [0.05, 0.1) is 12.1 Å². The van der Waals surface area contributed by atoms with Gasteiger partial charge in [-0.1, -0.05) is 36.4 Å². The Morgan fingerprint density at radius 1 is 1.14 bits per heavy atom. The molecule has 2 nitrogen and oxygen atoms in total. The van der Waals surface area contributed by atoms with Gasteiger partial charge in [0.2, 0.25) is 0 Å². The van der Waals surface area contributed by atoms with E-state index in [-0.39, 0.29) is 12.1 Å². The first-order valence-electron chi connectivity index (χ1n) is 7.71. The van der Waals surface area contributed by atoms with E-state index in [1.807, 2.05) is 0 Å². The highest BCUT2D eigenvalue weighted by atomic mass is 32.1. The molecule has 1 aliphatic heterocycles. The van der Waals surface area contributed by atoms with Gasteiger partial charge in [0.15, 0.2) is 0 Å². The van der Waals surface area contributed by atoms with Gasteiger partial charge < -0.3 is 10.4 Å². The molecule has 2 aromatic carbocycles. The van der Waals surface area contributed by atoms with E-state index in [0.717, 1.165) is 6.42 Å². The normalized spacial score (nSPS) is 21.2. The van der Waals surface area contributed by atoms with Crippen LogP contribution in [0.15, 0.2) is 47.8 Å². The molecule has 3 heteroatoms. The van der Waals surface area contributed by atoms with Crippen molar-refractivity contribution < 1.29 is 5.11 Å². The van der Waals surface area contributed by atoms with Gasteiger partial charge in [-0.3, -0.25) is 0 Å². The molecule has 3 aromatic rings. The van der Waals surface area contributed by atoms with Crippen LogP contribution in [0.2, 0.25) is 0 Å². The molecular formula is C19H19NOS. The predicted octanol–water partition coefficient (Wildman–Crippen LogP) is 4.67. The number of hydrogen-bond acceptors (Lipinski definition) is 3. The Morgan fingerprint density at radius 2 is 2.00 bits per heavy atom. The van der Waals surface area contributed by atoms with Crippen molar-refractivity contribution in [3.63, 3.8) is 0 Å². The number of rotatable bonds is 1. The van der Waals surface area contributed by atoms with Crippen molar-refractivity contribution in [1.82, 2.24) is 0 Å². The number of aliphatic hydroxyl groups is 1. The van der Waals surface area contributed by atoms with Gasteiger partial charge in [0.1, 0.15) is 0 Å². The van der Waals surface area contributed by atoms with Crippen molar-refractivity contribution in [3.8, 4) is 0 Å². The molecule has 4 rings (SSSR count). The van der Waals surface area contributed by atoms with E-state index in [9.17, 15) is 5.11 Å². The van der Waals surface area contributed by atoms with Crippen LogP contribution in [0.25, 0.3) is 10.8 Å². The minimum atomic E-state index is -0.304. The second-order valence-electron chi connectivity index (χ2n) is 6.08. The Labute approximate surface area is 134 Å². The van der Waals surface area contributed by atoms with E-state index in [1.165, 1.54) is 32.5 Å². The third-order valence-corrected chi connectivity index (χ3v) is 5.65. The number of thiophene rings is 1. The fourth-order valence-electron chi connectivity index (χ4n) is 3.41. The average Bonchev–Trinajstić information content (AvgIpc) is 2.86. The van der Waals surface area contributed by atoms with E-state index < -0.39 is 0 Å². The first-order chi connectivity index (χ1) is 10.7. The molecule has 2 atom stereocenters. The summed E-state index contributed by atoms with van der Waals surface area (Å²) in [6.07, 6.45) is 1.17. The van der Waals surface area contributed by atoms with E-state index in [1.54, 1.807) is 11.3 Å². The summed E-state index contributed by atoms with van der Waals surface area (Å²) in [6, 6.07) is 15.1. The van der Waals surface area contributed by atoms with Crippen LogP contribution in [0, 0.1) is 6.92 Å². The summed E-state index contributed by atoms with van der Waals surface area (Å²) >= 11 is 1.77. The lowest BCUT2D eigenvalue weighted by molar-refractivity contribution is 0.161. The monoisotopic (exact) mass is 309 g/mol. The molecule has 112 valence electrons. The molecule has 0 radical (unpaired) electrons. The fraction of sp³-hybridized carbons (Fsp3) is 0.263. The Kier molecular flexibility index (Phi) is 3.40. The maximum atomic E-state index is 10.4. The van der Waals surface area contributed by atoms with E-state index in [4.69, 9.17) is 0 Å². The topological polar surface area (TPSA) is 32.3 Å². The zero-order valence-electron chi connectivity index (χ0n) is 12.5. The quantitative estimate of drug-likeness (QED) is 0.684. The molecule has 0 aliphatic carbocycles. The Morgan fingerprint density at radius 3 is 2.82 bits per heavy atom. The lowest BCUT2D eigenvalue weighted by Gasteiger charge is -2.20. The summed E-state index contributed by atoms with van der Waals surface area (Å²) in [6.45, 7) is 2.15. The molecule has 2 heterocycles. The summed E-state index contributed by atoms with van der Waals surface area (Å²) in [7, 11) is 0. The maximum Gasteiger partial charge on any atom is 0.0634 e. The molecule has 0 saturated carbocycles. The highest BCUT2D eigenvalue weighted by molar-refractivity contribution is 7.10. The van der Waals surface area contributed by atoms with Gasteiger partial charge in [0, 0.05) is 22.4 Å². The Hall–Kier alpha value is -1.84. The average molecular weight is 309 g/mol. The van der Waals surface area contributed by atoms with Crippen LogP contribution in [0.1, 0.15) is 28.5 Å². The Bertz CT molecular complexity index is 823. The highest BCUT2D eigenvalue weighted by Crippen LogP contribution is 2.38. The van der Waals surface area contributed by atoms with Crippen LogP contribution in [0.3, 0.4) is 0 Å². The van der Waals surface area contributed by atoms with Crippen molar-refractivity contribution in [1.29, 1.82) is 0 Å². The van der Waals surface area contributed by atoms with E-state index in [2.05, 4.69) is 60.1 Å². The van der Waals surface area contributed by atoms with Gasteiger partial charge in [-0.25, -0.2) is 0 Å². The smallest absolute Gasteiger partial charge is 0.0634 e. The molecule has 22 heavy (non-hydrogen) atoms. The molecule has 0 unspecified atom stereocenters. The molecule has 0 fully saturated rings. The molecule has 1 aliphatic rings. The van der Waals surface area contributed by atoms with E-state index in [0.29, 0.717) is 6.42 Å². The van der Waals surface area contributed by atoms with Crippen LogP contribution < -0.4 is 5.32 Å². The number of anilines is 1. The predicted molar refractivity (Wildman–Crippen MR) is 93.7 cm³/mol. The van der Waals surface area contributed by atoms with Crippen molar-refractivity contribution >= 4 is 27.8 Å². The van der Waals surface area contributed by atoms with Crippen molar-refractivity contribution in [3.05, 3.63) is 63.8 Å². The highest BCUT2D eigenvalue weighted by Gasteiger charge is 2.25. The van der Waals surface area contributed by atoms with Gasteiger partial charge in [-0.2, -0.15) is 0 Å². The van der Waals surface area contributed by atoms with Crippen LogP contribution in [-0.2, 0) is 6.42 Å². The Balaban J connectivity index is 1.86. The summed E-state index contributed by atoms with van der Waals surface area (Å²) in [5.74, 6) is 0. The summed E-state index contributed by atoms with van der Waals surface area (Å²) in [5, 5.41) is 18.8. The molecule has 0 saturated heterocycles. The lowest BCUT2D eigenvalue weighted by Crippen LogP contribution is -2.16. The number of aryl methyl sites for hydroxylation is 1. The van der Waals surface area contributed by atoms with Crippen molar-refractivity contribution in [2.24, 2.45) is 0 Å². The van der Waals surface area contributed by atoms with Crippen LogP contribution in [0.5, 0.6) is 0 Å². The molecular weight excluding hydrogens is 290 g/mol. The molecule has 0 spiro atoms. The van der Waals surface area contributed by atoms with Crippen LogP contribution in [0.4, 0.5) is 5.69 Å². The third kappa shape index (κ3) is 2.31. The summed E-state index contributed by atoms with van der Waals surface area (Å²) in [4.78, 5) is 1.33. The zero-order chi connectivity index (χ0) is 15.1. The minimum Gasteiger partial charge on any atom is -0.393 e. The molecule has 1 aromatic heterocycles. The van der Waals surface area contributed by atoms with E-state index >= 15 is 0 Å². The molecule has 0 amide bonds. The number of fused-ring (bicyclic) bond motifs is 3. The standard InChI is InChI=1S/C19H19NOS/c1-12-8-9-22-19(12)17-11-15(21)10-14-7-6-13-4-2-3-5-16(13)18(14)20-17/h2-9,15,17,20-21H,10-11H2,1H3/t15-,17+/m1/s1. The van der Waals surface area contributed by atoms with Gasteiger partial charge in [0.25, 0.3) is 0 Å². The molecule has 0 bridgehead atoms. The van der Waals surface area contributed by atoms with Gasteiger partial charge >= 0.3 is 0 Å². The molecule has 2 N–H and O–H groups in total. The summed E-state index contributed by atoms with van der Waals surface area (Å²) < 4.78 is 0. The SMILES string of the molecule is Cc1ccsc1[C@@H]1C[C@H](O)Cc2ccc3ccccc3c2N1. The first-order valence-corrected chi connectivity index (χ1v) is 8.59. The number of aliphatic hydroxyl groups excluding tert-OH is 1. The number of nitrogens with one attached hydrogen (secondary N) is 1. The second-order valence-corrected chi connectivity index (χ2v) is 7.03.